The van der Waals surface area contributed by atoms with Crippen molar-refractivity contribution in [3.8, 4) is 0 Å². The van der Waals surface area contributed by atoms with E-state index in [0.717, 1.165) is 34.9 Å². The molecule has 0 saturated carbocycles. The highest BCUT2D eigenvalue weighted by Crippen LogP contribution is 2.22. The van der Waals surface area contributed by atoms with Crippen LogP contribution >= 0.6 is 0 Å². The quantitative estimate of drug-likeness (QED) is 0.175. The minimum absolute atomic E-state index is 0.00795. The number of aromatic nitrogens is 1. The topological polar surface area (TPSA) is 89.4 Å². The van der Waals surface area contributed by atoms with Crippen LogP contribution in [0.4, 0.5) is 4.39 Å². The molecular formula is C32H34FN3O4. The summed E-state index contributed by atoms with van der Waals surface area (Å²) in [6.07, 6.45) is 1.75. The first-order valence-electron chi connectivity index (χ1n) is 13.6. The molecule has 1 atom stereocenters. The van der Waals surface area contributed by atoms with Crippen molar-refractivity contribution in [1.29, 1.82) is 0 Å². The summed E-state index contributed by atoms with van der Waals surface area (Å²) in [7, 11) is 0. The highest BCUT2D eigenvalue weighted by atomic mass is 19.1. The maximum Gasteiger partial charge on any atom is 0.305 e. The number of amides is 2. The van der Waals surface area contributed by atoms with Crippen molar-refractivity contribution in [3.05, 3.63) is 108 Å². The first-order chi connectivity index (χ1) is 19.4. The van der Waals surface area contributed by atoms with Gasteiger partial charge in [0.1, 0.15) is 17.6 Å². The fourth-order valence-electron chi connectivity index (χ4n) is 4.42. The van der Waals surface area contributed by atoms with Gasteiger partial charge in [-0.15, -0.1) is 0 Å². The molecule has 0 aliphatic heterocycles. The molecule has 0 fully saturated rings. The molecule has 0 unspecified atom stereocenters. The number of para-hydroxylation sites is 1. The molecule has 2 N–H and O–H groups in total. The van der Waals surface area contributed by atoms with Crippen LogP contribution in [-0.2, 0) is 27.4 Å². The zero-order valence-corrected chi connectivity index (χ0v) is 22.6. The van der Waals surface area contributed by atoms with Crippen LogP contribution in [0.15, 0.2) is 84.9 Å². The van der Waals surface area contributed by atoms with Gasteiger partial charge in [0.25, 0.3) is 5.91 Å². The molecule has 208 valence electrons. The number of halogens is 1. The third-order valence-electron chi connectivity index (χ3n) is 6.63. The Morgan fingerprint density at radius 2 is 1.65 bits per heavy atom. The third kappa shape index (κ3) is 7.79. The normalized spacial score (nSPS) is 11.7. The van der Waals surface area contributed by atoms with Crippen molar-refractivity contribution >= 4 is 28.7 Å². The van der Waals surface area contributed by atoms with E-state index >= 15 is 0 Å². The Morgan fingerprint density at radius 1 is 0.925 bits per heavy atom. The molecule has 0 spiro atoms. The van der Waals surface area contributed by atoms with Gasteiger partial charge in [0.2, 0.25) is 5.91 Å². The van der Waals surface area contributed by atoms with Gasteiger partial charge in [0.05, 0.1) is 6.61 Å². The maximum atomic E-state index is 13.6. The lowest BCUT2D eigenvalue weighted by molar-refractivity contribution is -0.144. The molecule has 1 aromatic heterocycles. The summed E-state index contributed by atoms with van der Waals surface area (Å²) in [6, 6.07) is 24.0. The van der Waals surface area contributed by atoms with Crippen molar-refractivity contribution in [2.24, 2.45) is 0 Å². The zero-order valence-electron chi connectivity index (χ0n) is 22.6. The molecule has 40 heavy (non-hydrogen) atoms. The standard InChI is InChI=1S/C32H34FN3O4/c1-2-3-19-40-30(37)18-17-27(31(38)34-21-23-9-5-4-6-10-23)35-32(39)29-20-25-11-7-8-12-28(25)36(29)22-24-13-15-26(33)16-14-24/h4-16,20,27H,2-3,17-19,21-22H2,1H3,(H,34,38)(H,35,39)/t27-/m0/s1. The zero-order chi connectivity index (χ0) is 28.3. The fraction of sp³-hybridized carbons (Fsp3) is 0.281. The maximum absolute atomic E-state index is 13.6. The predicted octanol–water partition coefficient (Wildman–Crippen LogP) is 5.37. The van der Waals surface area contributed by atoms with Gasteiger partial charge in [0.15, 0.2) is 0 Å². The van der Waals surface area contributed by atoms with Crippen LogP contribution in [0, 0.1) is 5.82 Å². The molecule has 0 aliphatic carbocycles. The lowest BCUT2D eigenvalue weighted by atomic mass is 10.1. The Labute approximate surface area is 233 Å². The van der Waals surface area contributed by atoms with E-state index in [1.54, 1.807) is 18.2 Å². The lowest BCUT2D eigenvalue weighted by Crippen LogP contribution is -2.47. The first-order valence-corrected chi connectivity index (χ1v) is 13.6. The van der Waals surface area contributed by atoms with E-state index in [-0.39, 0.29) is 31.1 Å². The van der Waals surface area contributed by atoms with E-state index in [0.29, 0.717) is 18.8 Å². The molecule has 4 rings (SSSR count). The average Bonchev–Trinajstić information content (AvgIpc) is 3.34. The minimum Gasteiger partial charge on any atom is -0.466 e. The SMILES string of the molecule is CCCCOC(=O)CC[C@H](NC(=O)c1cc2ccccc2n1Cc1ccc(F)cc1)C(=O)NCc1ccccc1. The number of carbonyl (C=O) groups excluding carboxylic acids is 3. The summed E-state index contributed by atoms with van der Waals surface area (Å²) in [5.41, 5.74) is 2.93. The molecule has 0 bridgehead atoms. The van der Waals surface area contributed by atoms with Crippen LogP contribution in [0.25, 0.3) is 10.9 Å². The molecule has 2 amide bonds. The number of hydrogen-bond acceptors (Lipinski definition) is 4. The van der Waals surface area contributed by atoms with Crippen molar-refractivity contribution in [3.63, 3.8) is 0 Å². The third-order valence-corrected chi connectivity index (χ3v) is 6.63. The number of fused-ring (bicyclic) bond motifs is 1. The highest BCUT2D eigenvalue weighted by molar-refractivity contribution is 6.01. The summed E-state index contributed by atoms with van der Waals surface area (Å²) >= 11 is 0. The van der Waals surface area contributed by atoms with Crippen LogP contribution in [0.3, 0.4) is 0 Å². The van der Waals surface area contributed by atoms with Crippen LogP contribution in [0.5, 0.6) is 0 Å². The summed E-state index contributed by atoms with van der Waals surface area (Å²) in [4.78, 5) is 39.1. The van der Waals surface area contributed by atoms with Gasteiger partial charge in [-0.05, 0) is 48.2 Å². The molecule has 7 nitrogen and oxygen atoms in total. The van der Waals surface area contributed by atoms with Crippen LogP contribution < -0.4 is 10.6 Å². The van der Waals surface area contributed by atoms with E-state index in [2.05, 4.69) is 10.6 Å². The summed E-state index contributed by atoms with van der Waals surface area (Å²) < 4.78 is 20.6. The van der Waals surface area contributed by atoms with Crippen LogP contribution in [0.1, 0.15) is 54.2 Å². The number of rotatable bonds is 13. The molecule has 0 saturated heterocycles. The van der Waals surface area contributed by atoms with Crippen molar-refractivity contribution in [2.45, 2.75) is 51.7 Å². The van der Waals surface area contributed by atoms with Crippen LogP contribution in [0.2, 0.25) is 0 Å². The summed E-state index contributed by atoms with van der Waals surface area (Å²) in [6.45, 7) is 2.96. The van der Waals surface area contributed by atoms with Gasteiger partial charge in [0, 0.05) is 30.4 Å². The molecule has 4 aromatic rings. The number of nitrogens with zero attached hydrogens (tertiary/aromatic N) is 1. The van der Waals surface area contributed by atoms with Crippen LogP contribution in [-0.4, -0.2) is 35.0 Å². The molecular weight excluding hydrogens is 509 g/mol. The van der Waals surface area contributed by atoms with E-state index in [9.17, 15) is 18.8 Å². The lowest BCUT2D eigenvalue weighted by Gasteiger charge is -2.19. The van der Waals surface area contributed by atoms with Gasteiger partial charge in [-0.2, -0.15) is 0 Å². The Balaban J connectivity index is 1.54. The first kappa shape index (κ1) is 28.5. The Kier molecular flexibility index (Phi) is 10.0. The summed E-state index contributed by atoms with van der Waals surface area (Å²) in [5.74, 6) is -1.58. The highest BCUT2D eigenvalue weighted by Gasteiger charge is 2.25. The molecule has 8 heteroatoms. The van der Waals surface area contributed by atoms with Crippen molar-refractivity contribution < 1.29 is 23.5 Å². The molecule has 3 aromatic carbocycles. The number of esters is 1. The van der Waals surface area contributed by atoms with Gasteiger partial charge in [-0.25, -0.2) is 4.39 Å². The number of ether oxygens (including phenoxy) is 1. The monoisotopic (exact) mass is 543 g/mol. The smallest absolute Gasteiger partial charge is 0.305 e. The van der Waals surface area contributed by atoms with Gasteiger partial charge in [-0.3, -0.25) is 14.4 Å². The second-order valence-corrected chi connectivity index (χ2v) is 9.64. The summed E-state index contributed by atoms with van der Waals surface area (Å²) in [5, 5.41) is 6.58. The number of carbonyl (C=O) groups is 3. The van der Waals surface area contributed by atoms with Crippen molar-refractivity contribution in [2.75, 3.05) is 6.61 Å². The van der Waals surface area contributed by atoms with E-state index in [1.165, 1.54) is 12.1 Å². The largest absolute Gasteiger partial charge is 0.466 e. The Bertz CT molecular complexity index is 1430. The second kappa shape index (κ2) is 14.1. The fourth-order valence-corrected chi connectivity index (χ4v) is 4.42. The van der Waals surface area contributed by atoms with Gasteiger partial charge in [-0.1, -0.05) is 74.0 Å². The predicted molar refractivity (Wildman–Crippen MR) is 152 cm³/mol. The Morgan fingerprint density at radius 3 is 2.40 bits per heavy atom. The second-order valence-electron chi connectivity index (χ2n) is 9.64. The number of unbranched alkanes of at least 4 members (excludes halogenated alkanes) is 1. The molecule has 0 radical (unpaired) electrons. The average molecular weight is 544 g/mol. The number of hydrogen-bond donors (Lipinski definition) is 2. The Hall–Kier alpha value is -4.46. The molecule has 1 heterocycles. The number of nitrogens with one attached hydrogen (secondary N) is 2. The van der Waals surface area contributed by atoms with Gasteiger partial charge >= 0.3 is 5.97 Å². The molecule has 0 aliphatic rings. The van der Waals surface area contributed by atoms with Gasteiger partial charge < -0.3 is 19.9 Å². The number of benzene rings is 3. The van der Waals surface area contributed by atoms with Crippen molar-refractivity contribution in [1.82, 2.24) is 15.2 Å². The van der Waals surface area contributed by atoms with E-state index in [4.69, 9.17) is 4.74 Å². The minimum atomic E-state index is -0.952. The van der Waals surface area contributed by atoms with E-state index < -0.39 is 17.9 Å². The van der Waals surface area contributed by atoms with E-state index in [1.807, 2.05) is 66.1 Å².